The van der Waals surface area contributed by atoms with Crippen molar-refractivity contribution in [1.29, 1.82) is 0 Å². The van der Waals surface area contributed by atoms with Crippen LogP contribution in [0.1, 0.15) is 18.3 Å². The van der Waals surface area contributed by atoms with E-state index in [1.807, 2.05) is 19.2 Å². The van der Waals surface area contributed by atoms with Gasteiger partial charge < -0.3 is 19.1 Å². The molecule has 6 heteroatoms. The molecule has 1 amide bonds. The molecule has 0 saturated carbocycles. The molecule has 0 unspecified atom stereocenters. The molecule has 27 heavy (non-hydrogen) atoms. The Labute approximate surface area is 161 Å². The van der Waals surface area contributed by atoms with E-state index in [0.29, 0.717) is 6.54 Å². The number of piperazine rings is 1. The summed E-state index contributed by atoms with van der Waals surface area (Å²) in [5, 5.41) is 0. The largest absolute Gasteiger partial charge is 0.495 e. The van der Waals surface area contributed by atoms with Crippen LogP contribution in [0.2, 0.25) is 0 Å². The monoisotopic (exact) mass is 370 g/mol. The molecule has 1 aromatic heterocycles. The summed E-state index contributed by atoms with van der Waals surface area (Å²) in [4.78, 5) is 18.1. The molecule has 1 aromatic carbocycles. The first-order valence-corrected chi connectivity index (χ1v) is 9.45. The standard InChI is InChI=1S/C21H30N4O2/c1-17(26)22(2)15-18-9-10-19(23(18)3)16-24-11-13-25(14-12-24)20-7-5-6-8-21(20)27-4/h5-10H,11-16H2,1-4H3. The number of rotatable bonds is 6. The number of carbonyl (C=O) groups excluding carboxylic acids is 1. The SMILES string of the molecule is COc1ccccc1N1CCN(Cc2ccc(CN(C)C(C)=O)n2C)CC1. The molecule has 0 radical (unpaired) electrons. The summed E-state index contributed by atoms with van der Waals surface area (Å²) >= 11 is 0. The van der Waals surface area contributed by atoms with Gasteiger partial charge >= 0.3 is 0 Å². The Morgan fingerprint density at radius 2 is 1.74 bits per heavy atom. The molecule has 0 atom stereocenters. The molecule has 1 saturated heterocycles. The lowest BCUT2D eigenvalue weighted by molar-refractivity contribution is -0.128. The van der Waals surface area contributed by atoms with Gasteiger partial charge in [0.05, 0.1) is 19.3 Å². The van der Waals surface area contributed by atoms with Gasteiger partial charge in [-0.1, -0.05) is 12.1 Å². The number of anilines is 1. The number of hydrogen-bond donors (Lipinski definition) is 0. The average Bonchev–Trinajstić information content (AvgIpc) is 3.02. The fourth-order valence-corrected chi connectivity index (χ4v) is 3.54. The van der Waals surface area contributed by atoms with Crippen LogP contribution in [0.5, 0.6) is 5.75 Å². The highest BCUT2D eigenvalue weighted by molar-refractivity contribution is 5.72. The number of hydrogen-bond acceptors (Lipinski definition) is 4. The lowest BCUT2D eigenvalue weighted by Crippen LogP contribution is -2.46. The zero-order valence-corrected chi connectivity index (χ0v) is 16.8. The van der Waals surface area contributed by atoms with Crippen LogP contribution in [0, 0.1) is 0 Å². The Bertz CT molecular complexity index is 778. The summed E-state index contributed by atoms with van der Waals surface area (Å²) < 4.78 is 7.72. The first-order chi connectivity index (χ1) is 13.0. The molecule has 6 nitrogen and oxygen atoms in total. The van der Waals surface area contributed by atoms with E-state index in [4.69, 9.17) is 4.74 Å². The zero-order valence-electron chi connectivity index (χ0n) is 16.8. The second-order valence-electron chi connectivity index (χ2n) is 7.19. The maximum Gasteiger partial charge on any atom is 0.219 e. The van der Waals surface area contributed by atoms with Gasteiger partial charge in [0.25, 0.3) is 0 Å². The van der Waals surface area contributed by atoms with Gasteiger partial charge in [-0.25, -0.2) is 0 Å². The van der Waals surface area contributed by atoms with E-state index in [2.05, 4.69) is 45.7 Å². The molecule has 2 aromatic rings. The van der Waals surface area contributed by atoms with Crippen molar-refractivity contribution in [2.75, 3.05) is 45.2 Å². The van der Waals surface area contributed by atoms with Crippen molar-refractivity contribution in [1.82, 2.24) is 14.4 Å². The van der Waals surface area contributed by atoms with Gasteiger partial charge in [-0.05, 0) is 24.3 Å². The Morgan fingerprint density at radius 3 is 2.41 bits per heavy atom. The fraction of sp³-hybridized carbons (Fsp3) is 0.476. The highest BCUT2D eigenvalue weighted by Gasteiger charge is 2.20. The van der Waals surface area contributed by atoms with E-state index in [1.54, 1.807) is 18.9 Å². The van der Waals surface area contributed by atoms with Crippen molar-refractivity contribution in [3.05, 3.63) is 47.8 Å². The van der Waals surface area contributed by atoms with Crippen LogP contribution < -0.4 is 9.64 Å². The molecule has 1 fully saturated rings. The van der Waals surface area contributed by atoms with E-state index in [-0.39, 0.29) is 5.91 Å². The minimum absolute atomic E-state index is 0.0882. The fourth-order valence-electron chi connectivity index (χ4n) is 3.54. The predicted molar refractivity (Wildman–Crippen MR) is 108 cm³/mol. The molecule has 0 spiro atoms. The van der Waals surface area contributed by atoms with Crippen molar-refractivity contribution in [2.24, 2.45) is 7.05 Å². The first-order valence-electron chi connectivity index (χ1n) is 9.45. The van der Waals surface area contributed by atoms with E-state index in [0.717, 1.165) is 44.2 Å². The molecule has 1 aliphatic heterocycles. The average molecular weight is 370 g/mol. The second kappa shape index (κ2) is 8.48. The first kappa shape index (κ1) is 19.3. The summed E-state index contributed by atoms with van der Waals surface area (Å²) in [6.07, 6.45) is 0. The lowest BCUT2D eigenvalue weighted by atomic mass is 10.2. The Hall–Kier alpha value is -2.47. The van der Waals surface area contributed by atoms with Crippen LogP contribution in [0.4, 0.5) is 5.69 Å². The molecule has 0 bridgehead atoms. The molecular weight excluding hydrogens is 340 g/mol. The number of amides is 1. The van der Waals surface area contributed by atoms with Crippen molar-refractivity contribution in [2.45, 2.75) is 20.0 Å². The number of para-hydroxylation sites is 2. The lowest BCUT2D eigenvalue weighted by Gasteiger charge is -2.36. The molecule has 1 aliphatic rings. The van der Waals surface area contributed by atoms with E-state index in [1.165, 1.54) is 11.4 Å². The third-order valence-corrected chi connectivity index (χ3v) is 5.45. The zero-order chi connectivity index (χ0) is 19.4. The van der Waals surface area contributed by atoms with Gasteiger partial charge in [-0.15, -0.1) is 0 Å². The Morgan fingerprint density at radius 1 is 1.07 bits per heavy atom. The topological polar surface area (TPSA) is 41.0 Å². The third-order valence-electron chi connectivity index (χ3n) is 5.45. The maximum atomic E-state index is 11.5. The maximum absolute atomic E-state index is 11.5. The molecule has 0 N–H and O–H groups in total. The number of methoxy groups -OCH3 is 1. The number of carbonyl (C=O) groups is 1. The Balaban J connectivity index is 1.58. The second-order valence-corrected chi connectivity index (χ2v) is 7.19. The van der Waals surface area contributed by atoms with E-state index >= 15 is 0 Å². The van der Waals surface area contributed by atoms with Crippen LogP contribution in [-0.2, 0) is 24.9 Å². The number of aromatic nitrogens is 1. The van der Waals surface area contributed by atoms with Crippen LogP contribution in [-0.4, -0.2) is 60.6 Å². The number of ether oxygens (including phenoxy) is 1. The number of nitrogens with zero attached hydrogens (tertiary/aromatic N) is 4. The predicted octanol–water partition coefficient (Wildman–Crippen LogP) is 2.33. The normalized spacial score (nSPS) is 15.0. The highest BCUT2D eigenvalue weighted by atomic mass is 16.5. The summed E-state index contributed by atoms with van der Waals surface area (Å²) in [6, 6.07) is 12.5. The molecule has 3 rings (SSSR count). The minimum atomic E-state index is 0.0882. The number of benzene rings is 1. The van der Waals surface area contributed by atoms with E-state index in [9.17, 15) is 4.79 Å². The minimum Gasteiger partial charge on any atom is -0.495 e. The van der Waals surface area contributed by atoms with Gasteiger partial charge in [0.2, 0.25) is 5.91 Å². The van der Waals surface area contributed by atoms with Crippen LogP contribution in [0.25, 0.3) is 0 Å². The quantitative estimate of drug-likeness (QED) is 0.783. The summed E-state index contributed by atoms with van der Waals surface area (Å²) in [7, 11) is 5.65. The van der Waals surface area contributed by atoms with Crippen LogP contribution in [0.15, 0.2) is 36.4 Å². The van der Waals surface area contributed by atoms with Gasteiger partial charge in [0.15, 0.2) is 0 Å². The van der Waals surface area contributed by atoms with Crippen LogP contribution >= 0.6 is 0 Å². The van der Waals surface area contributed by atoms with Gasteiger partial charge in [0, 0.05) is 65.1 Å². The van der Waals surface area contributed by atoms with Crippen molar-refractivity contribution in [3.8, 4) is 5.75 Å². The van der Waals surface area contributed by atoms with Gasteiger partial charge in [0.1, 0.15) is 5.75 Å². The highest BCUT2D eigenvalue weighted by Crippen LogP contribution is 2.28. The van der Waals surface area contributed by atoms with Crippen molar-refractivity contribution in [3.63, 3.8) is 0 Å². The summed E-state index contributed by atoms with van der Waals surface area (Å²) in [5.41, 5.74) is 3.62. The summed E-state index contributed by atoms with van der Waals surface area (Å²) in [5.74, 6) is 1.03. The van der Waals surface area contributed by atoms with Crippen molar-refractivity contribution >= 4 is 11.6 Å². The summed E-state index contributed by atoms with van der Waals surface area (Å²) in [6.45, 7) is 7.20. The molecule has 146 valence electrons. The smallest absolute Gasteiger partial charge is 0.219 e. The van der Waals surface area contributed by atoms with Crippen LogP contribution in [0.3, 0.4) is 0 Å². The third kappa shape index (κ3) is 4.45. The van der Waals surface area contributed by atoms with Gasteiger partial charge in [-0.2, -0.15) is 0 Å². The Kier molecular flexibility index (Phi) is 6.06. The van der Waals surface area contributed by atoms with E-state index < -0.39 is 0 Å². The molecule has 0 aliphatic carbocycles. The molecule has 2 heterocycles. The van der Waals surface area contributed by atoms with Gasteiger partial charge in [-0.3, -0.25) is 9.69 Å². The van der Waals surface area contributed by atoms with Crippen molar-refractivity contribution < 1.29 is 9.53 Å². The molecular formula is C21H30N4O2.